The van der Waals surface area contributed by atoms with Crippen molar-refractivity contribution in [2.24, 2.45) is 0 Å². The summed E-state index contributed by atoms with van der Waals surface area (Å²) in [6, 6.07) is 8.20. The Kier molecular flexibility index (Phi) is 6.12. The molecule has 0 heterocycles. The molecule has 2 heteroatoms. The van der Waals surface area contributed by atoms with Gasteiger partial charge in [-0.2, -0.15) is 0 Å². The molecule has 0 fully saturated rings. The molecule has 0 saturated heterocycles. The van der Waals surface area contributed by atoms with Crippen LogP contribution in [0.2, 0.25) is 0 Å². The van der Waals surface area contributed by atoms with Crippen LogP contribution in [0.3, 0.4) is 0 Å². The molecule has 0 aliphatic carbocycles. The van der Waals surface area contributed by atoms with Crippen LogP contribution >= 0.6 is 0 Å². The lowest BCUT2D eigenvalue weighted by Crippen LogP contribution is -2.01. The summed E-state index contributed by atoms with van der Waals surface area (Å²) in [7, 11) is 0. The molecule has 90 valence electrons. The highest BCUT2D eigenvalue weighted by molar-refractivity contribution is 5.23. The maximum Gasteiger partial charge on any atom is 0.0790 e. The van der Waals surface area contributed by atoms with E-state index in [1.165, 1.54) is 5.56 Å². The fourth-order valence-electron chi connectivity index (χ4n) is 1.67. The summed E-state index contributed by atoms with van der Waals surface area (Å²) in [4.78, 5) is 0. The number of ether oxygens (including phenoxy) is 1. The molecule has 2 nitrogen and oxygen atoms in total. The lowest BCUT2D eigenvalue weighted by atomic mass is 10.0. The quantitative estimate of drug-likeness (QED) is 0.718. The van der Waals surface area contributed by atoms with Crippen LogP contribution in [0.1, 0.15) is 43.9 Å². The molecule has 0 amide bonds. The van der Waals surface area contributed by atoms with Crippen molar-refractivity contribution >= 4 is 0 Å². The maximum absolute atomic E-state index is 9.93. The minimum atomic E-state index is -0.355. The summed E-state index contributed by atoms with van der Waals surface area (Å²) in [6.45, 7) is 5.61. The first-order chi connectivity index (χ1) is 7.77. The Labute approximate surface area is 98.3 Å². The number of aliphatic hydroxyl groups excluding tert-OH is 1. The van der Waals surface area contributed by atoms with Gasteiger partial charge in [-0.05, 0) is 37.3 Å². The van der Waals surface area contributed by atoms with Crippen molar-refractivity contribution in [1.29, 1.82) is 0 Å². The normalized spacial score (nSPS) is 12.7. The molecule has 1 atom stereocenters. The summed E-state index contributed by atoms with van der Waals surface area (Å²) in [5, 5.41) is 9.93. The summed E-state index contributed by atoms with van der Waals surface area (Å²) in [6.07, 6.45) is 2.36. The Morgan fingerprint density at radius 2 is 1.88 bits per heavy atom. The number of hydrogen-bond donors (Lipinski definition) is 1. The molecule has 0 spiro atoms. The van der Waals surface area contributed by atoms with Gasteiger partial charge in [-0.25, -0.2) is 0 Å². The second-order valence-corrected chi connectivity index (χ2v) is 3.95. The van der Waals surface area contributed by atoms with Gasteiger partial charge < -0.3 is 9.84 Å². The van der Waals surface area contributed by atoms with Gasteiger partial charge in [-0.15, -0.1) is 0 Å². The molecule has 0 saturated carbocycles. The van der Waals surface area contributed by atoms with Gasteiger partial charge in [-0.3, -0.25) is 0 Å². The van der Waals surface area contributed by atoms with Gasteiger partial charge >= 0.3 is 0 Å². The third kappa shape index (κ3) is 4.33. The average molecular weight is 222 g/mol. The third-order valence-electron chi connectivity index (χ3n) is 2.74. The molecule has 0 aromatic heterocycles. The van der Waals surface area contributed by atoms with Crippen molar-refractivity contribution in [3.05, 3.63) is 35.4 Å². The Morgan fingerprint density at radius 1 is 1.19 bits per heavy atom. The molecule has 16 heavy (non-hydrogen) atoms. The van der Waals surface area contributed by atoms with Crippen molar-refractivity contribution in [3.63, 3.8) is 0 Å². The van der Waals surface area contributed by atoms with Crippen molar-refractivity contribution in [2.45, 2.75) is 39.2 Å². The zero-order valence-electron chi connectivity index (χ0n) is 10.3. The molecule has 1 aromatic rings. The number of hydrogen-bond acceptors (Lipinski definition) is 2. The van der Waals surface area contributed by atoms with Crippen LogP contribution in [-0.2, 0) is 11.2 Å². The van der Waals surface area contributed by atoms with Crippen molar-refractivity contribution in [1.82, 2.24) is 0 Å². The first kappa shape index (κ1) is 13.2. The van der Waals surface area contributed by atoms with Crippen LogP contribution in [0.5, 0.6) is 0 Å². The average Bonchev–Trinajstić information content (AvgIpc) is 2.34. The number of rotatable bonds is 7. The summed E-state index contributed by atoms with van der Waals surface area (Å²) in [5.74, 6) is 0. The Balaban J connectivity index is 2.37. The smallest absolute Gasteiger partial charge is 0.0790 e. The Bertz CT molecular complexity index is 279. The number of aliphatic hydroxyl groups is 1. The largest absolute Gasteiger partial charge is 0.388 e. The van der Waals surface area contributed by atoms with E-state index in [9.17, 15) is 5.11 Å². The van der Waals surface area contributed by atoms with Gasteiger partial charge in [0.2, 0.25) is 0 Å². The molecule has 1 aromatic carbocycles. The molecule has 1 N–H and O–H groups in total. The highest BCUT2D eigenvalue weighted by Crippen LogP contribution is 2.18. The predicted molar refractivity (Wildman–Crippen MR) is 66.5 cm³/mol. The highest BCUT2D eigenvalue weighted by atomic mass is 16.5. The predicted octanol–water partition coefficient (Wildman–Crippen LogP) is 3.10. The van der Waals surface area contributed by atoms with Crippen LogP contribution in [0.25, 0.3) is 0 Å². The minimum Gasteiger partial charge on any atom is -0.388 e. The SMILES string of the molecule is CCOCCCC(O)c1ccc(CC)cc1. The van der Waals surface area contributed by atoms with Gasteiger partial charge in [0, 0.05) is 13.2 Å². The second kappa shape index (κ2) is 7.42. The van der Waals surface area contributed by atoms with Crippen LogP contribution in [0.15, 0.2) is 24.3 Å². The molecule has 1 rings (SSSR count). The fraction of sp³-hybridized carbons (Fsp3) is 0.571. The lowest BCUT2D eigenvalue weighted by molar-refractivity contribution is 0.114. The minimum absolute atomic E-state index is 0.355. The first-order valence-corrected chi connectivity index (χ1v) is 6.12. The van der Waals surface area contributed by atoms with Crippen molar-refractivity contribution in [2.75, 3.05) is 13.2 Å². The summed E-state index contributed by atoms with van der Waals surface area (Å²) >= 11 is 0. The molecular formula is C14H22O2. The van der Waals surface area contributed by atoms with Crippen LogP contribution in [0.4, 0.5) is 0 Å². The van der Waals surface area contributed by atoms with E-state index in [2.05, 4.69) is 19.1 Å². The van der Waals surface area contributed by atoms with E-state index in [4.69, 9.17) is 4.74 Å². The molecule has 0 radical (unpaired) electrons. The van der Waals surface area contributed by atoms with E-state index in [1.54, 1.807) is 0 Å². The zero-order valence-corrected chi connectivity index (χ0v) is 10.3. The van der Waals surface area contributed by atoms with E-state index >= 15 is 0 Å². The van der Waals surface area contributed by atoms with Crippen LogP contribution in [-0.4, -0.2) is 18.3 Å². The van der Waals surface area contributed by atoms with E-state index in [0.717, 1.165) is 38.0 Å². The number of aryl methyl sites for hydroxylation is 1. The van der Waals surface area contributed by atoms with Gasteiger partial charge in [0.15, 0.2) is 0 Å². The summed E-state index contributed by atoms with van der Waals surface area (Å²) in [5.41, 5.74) is 2.32. The molecule has 0 aliphatic rings. The van der Waals surface area contributed by atoms with Crippen molar-refractivity contribution in [3.8, 4) is 0 Å². The van der Waals surface area contributed by atoms with Gasteiger partial charge in [0.05, 0.1) is 6.10 Å². The van der Waals surface area contributed by atoms with E-state index in [-0.39, 0.29) is 6.10 Å². The second-order valence-electron chi connectivity index (χ2n) is 3.95. The fourth-order valence-corrected chi connectivity index (χ4v) is 1.67. The Hall–Kier alpha value is -0.860. The van der Waals surface area contributed by atoms with E-state index in [0.29, 0.717) is 0 Å². The first-order valence-electron chi connectivity index (χ1n) is 6.12. The van der Waals surface area contributed by atoms with Crippen LogP contribution in [0, 0.1) is 0 Å². The highest BCUT2D eigenvalue weighted by Gasteiger charge is 2.06. The van der Waals surface area contributed by atoms with Crippen LogP contribution < -0.4 is 0 Å². The number of benzene rings is 1. The lowest BCUT2D eigenvalue weighted by Gasteiger charge is -2.11. The Morgan fingerprint density at radius 3 is 2.44 bits per heavy atom. The summed E-state index contributed by atoms with van der Waals surface area (Å²) < 4.78 is 5.25. The third-order valence-corrected chi connectivity index (χ3v) is 2.74. The van der Waals surface area contributed by atoms with Crippen molar-refractivity contribution < 1.29 is 9.84 Å². The van der Waals surface area contributed by atoms with Gasteiger partial charge in [0.1, 0.15) is 0 Å². The zero-order chi connectivity index (χ0) is 11.8. The van der Waals surface area contributed by atoms with E-state index in [1.807, 2.05) is 19.1 Å². The maximum atomic E-state index is 9.93. The molecule has 0 aliphatic heterocycles. The molecule has 0 bridgehead atoms. The topological polar surface area (TPSA) is 29.5 Å². The molecule has 1 unspecified atom stereocenters. The standard InChI is InChI=1S/C14H22O2/c1-3-12-7-9-13(10-8-12)14(15)6-5-11-16-4-2/h7-10,14-15H,3-6,11H2,1-2H3. The van der Waals surface area contributed by atoms with E-state index < -0.39 is 0 Å². The van der Waals surface area contributed by atoms with Gasteiger partial charge in [0.25, 0.3) is 0 Å². The molecular weight excluding hydrogens is 200 g/mol. The van der Waals surface area contributed by atoms with Gasteiger partial charge in [-0.1, -0.05) is 31.2 Å². The monoisotopic (exact) mass is 222 g/mol.